The van der Waals surface area contributed by atoms with E-state index in [-0.39, 0.29) is 18.0 Å². The fourth-order valence-electron chi connectivity index (χ4n) is 3.40. The Morgan fingerprint density at radius 2 is 1.82 bits per heavy atom. The Morgan fingerprint density at radius 3 is 2.58 bits per heavy atom. The average Bonchev–Trinajstić information content (AvgIpc) is 2.77. The molecule has 3 aromatic rings. The number of urea groups is 1. The molecule has 4 rings (SSSR count). The molecule has 0 spiro atoms. The number of rotatable bonds is 5. The highest BCUT2D eigenvalue weighted by Gasteiger charge is 2.37. The lowest BCUT2D eigenvalue weighted by atomic mass is 10.0. The number of aryl methyl sites for hydroxylation is 1. The van der Waals surface area contributed by atoms with Crippen LogP contribution in [0.15, 0.2) is 76.8 Å². The molecule has 0 radical (unpaired) electrons. The van der Waals surface area contributed by atoms with Crippen LogP contribution < -0.4 is 15.0 Å². The van der Waals surface area contributed by atoms with Gasteiger partial charge in [-0.15, -0.1) is 0 Å². The molecule has 0 aliphatic carbocycles. The molecule has 3 aromatic carbocycles. The first kappa shape index (κ1) is 22.4. The summed E-state index contributed by atoms with van der Waals surface area (Å²) in [7, 11) is 0. The summed E-state index contributed by atoms with van der Waals surface area (Å²) in [6, 6.07) is 17.2. The Balaban J connectivity index is 1.69. The number of anilines is 1. The lowest BCUT2D eigenvalue weighted by Gasteiger charge is -2.27. The zero-order chi connectivity index (χ0) is 23.5. The van der Waals surface area contributed by atoms with Crippen LogP contribution in [0.3, 0.4) is 0 Å². The Kier molecular flexibility index (Phi) is 6.37. The number of carbonyl (C=O) groups excluding carboxylic acids is 3. The highest BCUT2D eigenvalue weighted by atomic mass is 79.9. The predicted molar refractivity (Wildman–Crippen MR) is 125 cm³/mol. The third-order valence-corrected chi connectivity index (χ3v) is 5.51. The first-order valence-corrected chi connectivity index (χ1v) is 10.8. The molecule has 33 heavy (non-hydrogen) atoms. The minimum atomic E-state index is -0.812. The van der Waals surface area contributed by atoms with Crippen LogP contribution in [0.1, 0.15) is 16.7 Å². The van der Waals surface area contributed by atoms with E-state index in [9.17, 15) is 18.8 Å². The van der Waals surface area contributed by atoms with Gasteiger partial charge in [-0.05, 0) is 60.5 Å². The van der Waals surface area contributed by atoms with Gasteiger partial charge in [-0.25, -0.2) is 14.1 Å². The summed E-state index contributed by atoms with van der Waals surface area (Å²) in [5.41, 5.74) is 1.94. The van der Waals surface area contributed by atoms with Gasteiger partial charge in [0.25, 0.3) is 11.8 Å². The van der Waals surface area contributed by atoms with Crippen molar-refractivity contribution in [3.05, 3.63) is 99.3 Å². The molecule has 166 valence electrons. The largest absolute Gasteiger partial charge is 0.488 e. The van der Waals surface area contributed by atoms with Gasteiger partial charge in [0.2, 0.25) is 0 Å². The normalized spacial score (nSPS) is 15.1. The third kappa shape index (κ3) is 4.85. The molecule has 1 saturated heterocycles. The summed E-state index contributed by atoms with van der Waals surface area (Å²) in [4.78, 5) is 39.1. The van der Waals surface area contributed by atoms with Gasteiger partial charge >= 0.3 is 6.03 Å². The van der Waals surface area contributed by atoms with Crippen LogP contribution in [0.25, 0.3) is 6.08 Å². The number of carbonyl (C=O) groups is 3. The Labute approximate surface area is 197 Å². The van der Waals surface area contributed by atoms with Crippen molar-refractivity contribution in [2.45, 2.75) is 13.5 Å². The van der Waals surface area contributed by atoms with Crippen molar-refractivity contribution in [1.82, 2.24) is 5.32 Å². The molecule has 1 heterocycles. The topological polar surface area (TPSA) is 75.7 Å². The Bertz CT molecular complexity index is 1310. The molecule has 0 unspecified atom stereocenters. The molecule has 0 atom stereocenters. The number of ether oxygens (including phenoxy) is 1. The van der Waals surface area contributed by atoms with E-state index >= 15 is 0 Å². The van der Waals surface area contributed by atoms with Crippen molar-refractivity contribution >= 4 is 45.5 Å². The number of hydrogen-bond acceptors (Lipinski definition) is 4. The molecule has 4 amide bonds. The maximum atomic E-state index is 13.5. The summed E-state index contributed by atoms with van der Waals surface area (Å²) in [6.45, 7) is 1.85. The van der Waals surface area contributed by atoms with Gasteiger partial charge in [0, 0.05) is 10.0 Å². The van der Waals surface area contributed by atoms with Gasteiger partial charge in [0.05, 0.1) is 5.69 Å². The number of benzene rings is 3. The fourth-order valence-corrected chi connectivity index (χ4v) is 3.78. The monoisotopic (exact) mass is 508 g/mol. The molecule has 1 aliphatic heterocycles. The molecule has 1 N–H and O–H groups in total. The zero-order valence-electron chi connectivity index (χ0n) is 17.5. The molecule has 1 fully saturated rings. The van der Waals surface area contributed by atoms with E-state index in [1.54, 1.807) is 61.5 Å². The van der Waals surface area contributed by atoms with Crippen molar-refractivity contribution in [3.63, 3.8) is 0 Å². The van der Waals surface area contributed by atoms with Crippen LogP contribution in [0, 0.1) is 12.7 Å². The molecular weight excluding hydrogens is 491 g/mol. The highest BCUT2D eigenvalue weighted by molar-refractivity contribution is 9.10. The standard InChI is InChI=1S/C25H18BrFN2O4/c1-15-5-2-3-8-21(15)29-24(31)20(23(30)28-25(29)32)13-17-12-18(26)9-10-22(17)33-14-16-6-4-7-19(27)11-16/h2-13H,14H2,1H3,(H,28,30,32)/b20-13+. The smallest absolute Gasteiger partial charge is 0.335 e. The zero-order valence-corrected chi connectivity index (χ0v) is 19.1. The van der Waals surface area contributed by atoms with Crippen LogP contribution >= 0.6 is 15.9 Å². The van der Waals surface area contributed by atoms with Gasteiger partial charge < -0.3 is 4.74 Å². The quantitative estimate of drug-likeness (QED) is 0.382. The van der Waals surface area contributed by atoms with Crippen LogP contribution in [-0.4, -0.2) is 17.8 Å². The number of para-hydroxylation sites is 1. The highest BCUT2D eigenvalue weighted by Crippen LogP contribution is 2.29. The van der Waals surface area contributed by atoms with Gasteiger partial charge in [0.1, 0.15) is 23.7 Å². The predicted octanol–water partition coefficient (Wildman–Crippen LogP) is 5.14. The van der Waals surface area contributed by atoms with Gasteiger partial charge in [0.15, 0.2) is 0 Å². The van der Waals surface area contributed by atoms with Crippen molar-refractivity contribution < 1.29 is 23.5 Å². The lowest BCUT2D eigenvalue weighted by molar-refractivity contribution is -0.122. The number of barbiturate groups is 1. The minimum absolute atomic E-state index is 0.0868. The summed E-state index contributed by atoms with van der Waals surface area (Å²) >= 11 is 3.38. The van der Waals surface area contributed by atoms with Gasteiger partial charge in [-0.1, -0.05) is 46.3 Å². The number of hydrogen-bond donors (Lipinski definition) is 1. The summed E-state index contributed by atoms with van der Waals surface area (Å²) in [5, 5.41) is 2.22. The summed E-state index contributed by atoms with van der Waals surface area (Å²) in [6.07, 6.45) is 1.38. The molecule has 0 aromatic heterocycles. The van der Waals surface area contributed by atoms with E-state index in [1.165, 1.54) is 18.2 Å². The van der Waals surface area contributed by atoms with E-state index in [0.29, 0.717) is 32.6 Å². The van der Waals surface area contributed by atoms with Crippen molar-refractivity contribution in [1.29, 1.82) is 0 Å². The maximum absolute atomic E-state index is 13.5. The Hall–Kier alpha value is -3.78. The van der Waals surface area contributed by atoms with Crippen molar-refractivity contribution in [2.24, 2.45) is 0 Å². The lowest BCUT2D eigenvalue weighted by Crippen LogP contribution is -2.54. The first-order valence-electron chi connectivity index (χ1n) is 9.97. The second-order valence-electron chi connectivity index (χ2n) is 7.35. The summed E-state index contributed by atoms with van der Waals surface area (Å²) < 4.78 is 20.0. The second kappa shape index (κ2) is 9.38. The SMILES string of the molecule is Cc1ccccc1N1C(=O)NC(=O)/C(=C\c2cc(Br)ccc2OCc2cccc(F)c2)C1=O. The number of imide groups is 2. The maximum Gasteiger partial charge on any atom is 0.335 e. The van der Waals surface area contributed by atoms with E-state index in [0.717, 1.165) is 4.90 Å². The van der Waals surface area contributed by atoms with Crippen LogP contribution in [-0.2, 0) is 16.2 Å². The molecule has 0 bridgehead atoms. The minimum Gasteiger partial charge on any atom is -0.488 e. The second-order valence-corrected chi connectivity index (χ2v) is 8.26. The van der Waals surface area contributed by atoms with Crippen LogP contribution in [0.4, 0.5) is 14.9 Å². The van der Waals surface area contributed by atoms with E-state index in [4.69, 9.17) is 4.74 Å². The fraction of sp³-hybridized carbons (Fsp3) is 0.0800. The van der Waals surface area contributed by atoms with Crippen LogP contribution in [0.2, 0.25) is 0 Å². The average molecular weight is 509 g/mol. The molecular formula is C25H18BrFN2O4. The van der Waals surface area contributed by atoms with E-state index < -0.39 is 17.8 Å². The Morgan fingerprint density at radius 1 is 1.03 bits per heavy atom. The van der Waals surface area contributed by atoms with Gasteiger partial charge in [-0.2, -0.15) is 0 Å². The third-order valence-electron chi connectivity index (χ3n) is 5.01. The molecule has 8 heteroatoms. The van der Waals surface area contributed by atoms with Crippen molar-refractivity contribution in [3.8, 4) is 5.75 Å². The van der Waals surface area contributed by atoms with E-state index in [2.05, 4.69) is 21.2 Å². The number of nitrogens with zero attached hydrogens (tertiary/aromatic N) is 1. The van der Waals surface area contributed by atoms with Gasteiger partial charge in [-0.3, -0.25) is 14.9 Å². The summed E-state index contributed by atoms with van der Waals surface area (Å²) in [5.74, 6) is -1.53. The molecule has 0 saturated carbocycles. The molecule has 1 aliphatic rings. The van der Waals surface area contributed by atoms with Crippen LogP contribution in [0.5, 0.6) is 5.75 Å². The number of amides is 4. The first-order chi connectivity index (χ1) is 15.8. The number of halogens is 2. The number of nitrogens with one attached hydrogen (secondary N) is 1. The molecule has 6 nitrogen and oxygen atoms in total. The van der Waals surface area contributed by atoms with E-state index in [1.807, 2.05) is 0 Å². The van der Waals surface area contributed by atoms with Crippen molar-refractivity contribution in [2.75, 3.05) is 4.90 Å².